The number of likely N-dealkylation sites (tertiary alicyclic amines) is 1. The highest BCUT2D eigenvalue weighted by molar-refractivity contribution is 7.09. The monoisotopic (exact) mass is 424 g/mol. The van der Waals surface area contributed by atoms with Crippen molar-refractivity contribution >= 4 is 22.9 Å². The summed E-state index contributed by atoms with van der Waals surface area (Å²) in [6.45, 7) is 5.09. The molecule has 3 aromatic heterocycles. The lowest BCUT2D eigenvalue weighted by Gasteiger charge is -2.45. The normalized spacial score (nSPS) is 20.8. The largest absolute Gasteiger partial charge is 0.352 e. The predicted octanol–water partition coefficient (Wildman–Crippen LogP) is 2.57. The second kappa shape index (κ2) is 7.90. The molecule has 1 amide bonds. The Balaban J connectivity index is 1.30. The van der Waals surface area contributed by atoms with Gasteiger partial charge in [-0.1, -0.05) is 0 Å². The van der Waals surface area contributed by atoms with E-state index < -0.39 is 11.7 Å². The second-order valence-corrected chi connectivity index (χ2v) is 8.93. The molecule has 0 aromatic carbocycles. The van der Waals surface area contributed by atoms with Crippen LogP contribution in [-0.2, 0) is 28.2 Å². The Morgan fingerprint density at radius 3 is 2.97 bits per heavy atom. The van der Waals surface area contributed by atoms with Crippen LogP contribution in [0, 0.1) is 6.92 Å². The molecule has 5 heterocycles. The Bertz CT molecular complexity index is 1030. The summed E-state index contributed by atoms with van der Waals surface area (Å²) in [4.78, 5) is 28.5. The minimum absolute atomic E-state index is 0.151. The summed E-state index contributed by atoms with van der Waals surface area (Å²) in [5.41, 5.74) is 1.26. The van der Waals surface area contributed by atoms with Crippen LogP contribution in [0.4, 0.5) is 5.69 Å². The minimum Gasteiger partial charge on any atom is -0.352 e. The number of imidazole rings is 1. The number of aromatic nitrogens is 4. The van der Waals surface area contributed by atoms with Crippen molar-refractivity contribution in [3.8, 4) is 0 Å². The average molecular weight is 425 g/mol. The van der Waals surface area contributed by atoms with E-state index in [0.717, 1.165) is 49.0 Å². The van der Waals surface area contributed by atoms with Gasteiger partial charge < -0.3 is 14.6 Å². The number of piperidine rings is 1. The molecule has 0 bridgehead atoms. The zero-order valence-corrected chi connectivity index (χ0v) is 17.6. The molecule has 1 atom stereocenters. The first-order valence-corrected chi connectivity index (χ1v) is 11.0. The Hall–Kier alpha value is -2.62. The van der Waals surface area contributed by atoms with Gasteiger partial charge in [0.05, 0.1) is 29.1 Å². The van der Waals surface area contributed by atoms with Crippen molar-refractivity contribution in [2.24, 2.45) is 0 Å². The van der Waals surface area contributed by atoms with Crippen LogP contribution in [0.2, 0.25) is 0 Å². The summed E-state index contributed by atoms with van der Waals surface area (Å²) >= 11 is 1.69. The van der Waals surface area contributed by atoms with E-state index >= 15 is 0 Å². The molecule has 156 valence electrons. The zero-order valence-electron chi connectivity index (χ0n) is 16.8. The molecular weight excluding hydrogens is 400 g/mol. The molecule has 8 nitrogen and oxygen atoms in total. The van der Waals surface area contributed by atoms with E-state index in [-0.39, 0.29) is 5.91 Å². The minimum atomic E-state index is -0.570. The molecular formula is C21H24N6O2S. The number of amides is 1. The summed E-state index contributed by atoms with van der Waals surface area (Å²) in [5.74, 6) is 0.777. The van der Waals surface area contributed by atoms with Gasteiger partial charge >= 0.3 is 0 Å². The number of anilines is 1. The lowest BCUT2D eigenvalue weighted by atomic mass is 9.88. The molecule has 2 aliphatic heterocycles. The number of nitrogens with one attached hydrogen (secondary N) is 1. The number of hydrogen-bond donors (Lipinski definition) is 1. The third kappa shape index (κ3) is 3.76. The fourth-order valence-corrected chi connectivity index (χ4v) is 4.92. The first-order valence-electron chi connectivity index (χ1n) is 10.1. The number of aryl methyl sites for hydroxylation is 1. The highest BCUT2D eigenvalue weighted by Crippen LogP contribution is 2.40. The van der Waals surface area contributed by atoms with Crippen LogP contribution < -0.4 is 5.32 Å². The van der Waals surface area contributed by atoms with Gasteiger partial charge in [-0.25, -0.2) is 9.97 Å². The summed E-state index contributed by atoms with van der Waals surface area (Å²) in [7, 11) is 0. The van der Waals surface area contributed by atoms with Crippen molar-refractivity contribution in [2.45, 2.75) is 44.6 Å². The maximum atomic E-state index is 12.9. The van der Waals surface area contributed by atoms with E-state index in [0.29, 0.717) is 12.2 Å². The van der Waals surface area contributed by atoms with E-state index in [1.54, 1.807) is 36.0 Å². The number of rotatable bonds is 4. The van der Waals surface area contributed by atoms with Gasteiger partial charge in [0.1, 0.15) is 11.4 Å². The van der Waals surface area contributed by atoms with Crippen molar-refractivity contribution in [3.63, 3.8) is 0 Å². The summed E-state index contributed by atoms with van der Waals surface area (Å²) in [6, 6.07) is 3.62. The molecule has 0 aliphatic carbocycles. The van der Waals surface area contributed by atoms with E-state index in [1.807, 2.05) is 19.2 Å². The fourth-order valence-electron chi connectivity index (χ4n) is 4.32. The lowest BCUT2D eigenvalue weighted by Crippen LogP contribution is -2.53. The Labute approximate surface area is 178 Å². The van der Waals surface area contributed by atoms with Gasteiger partial charge in [-0.3, -0.25) is 14.7 Å². The number of carbonyl (C=O) groups excluding carboxylic acids is 1. The fraction of sp³-hybridized carbons (Fsp3) is 0.429. The number of nitrogens with zero attached hydrogens (tertiary/aromatic N) is 5. The van der Waals surface area contributed by atoms with Crippen molar-refractivity contribution in [1.82, 2.24) is 24.4 Å². The van der Waals surface area contributed by atoms with Gasteiger partial charge in [0, 0.05) is 43.6 Å². The second-order valence-electron chi connectivity index (χ2n) is 7.87. The van der Waals surface area contributed by atoms with Gasteiger partial charge in [-0.2, -0.15) is 0 Å². The van der Waals surface area contributed by atoms with E-state index in [4.69, 9.17) is 4.74 Å². The molecule has 1 saturated heterocycles. The van der Waals surface area contributed by atoms with Crippen molar-refractivity contribution in [2.75, 3.05) is 18.4 Å². The van der Waals surface area contributed by atoms with Crippen LogP contribution in [0.1, 0.15) is 29.4 Å². The lowest BCUT2D eigenvalue weighted by molar-refractivity contribution is -0.170. The van der Waals surface area contributed by atoms with Crippen molar-refractivity contribution in [3.05, 3.63) is 58.8 Å². The number of fused-ring (bicyclic) bond motifs is 2. The van der Waals surface area contributed by atoms with Gasteiger partial charge in [0.2, 0.25) is 0 Å². The number of carbonyl (C=O) groups is 1. The highest BCUT2D eigenvalue weighted by atomic mass is 32.1. The van der Waals surface area contributed by atoms with Crippen molar-refractivity contribution < 1.29 is 9.53 Å². The molecule has 30 heavy (non-hydrogen) atoms. The molecule has 5 rings (SSSR count). The summed E-state index contributed by atoms with van der Waals surface area (Å²) < 4.78 is 8.55. The third-order valence-corrected chi connectivity index (χ3v) is 6.61. The number of hydrogen-bond acceptors (Lipinski definition) is 7. The molecule has 1 unspecified atom stereocenters. The average Bonchev–Trinajstić information content (AvgIpc) is 3.40. The van der Waals surface area contributed by atoms with Gasteiger partial charge in [0.25, 0.3) is 5.91 Å². The number of ether oxygens (including phenoxy) is 1. The van der Waals surface area contributed by atoms with Gasteiger partial charge in [0.15, 0.2) is 6.10 Å². The highest BCUT2D eigenvalue weighted by Gasteiger charge is 2.47. The quantitative estimate of drug-likeness (QED) is 0.693. The van der Waals surface area contributed by atoms with Crippen LogP contribution in [-0.4, -0.2) is 49.5 Å². The predicted molar refractivity (Wildman–Crippen MR) is 113 cm³/mol. The Morgan fingerprint density at radius 2 is 2.23 bits per heavy atom. The molecule has 1 fully saturated rings. The molecule has 9 heteroatoms. The SMILES string of the molecule is Cc1nc(CN2CCC3(CC2)OC(C(=O)Nc2cccnc2)Cn2ccnc23)cs1. The maximum absolute atomic E-state index is 12.9. The third-order valence-electron chi connectivity index (χ3n) is 5.79. The summed E-state index contributed by atoms with van der Waals surface area (Å²) in [5, 5.41) is 6.15. The standard InChI is InChI=1S/C21H24N6O2S/c1-15-24-17(14-30-15)12-26-8-4-21(5-9-26)20-23-7-10-27(20)13-18(29-21)19(28)25-16-3-2-6-22-11-16/h2-3,6-7,10-11,14,18H,4-5,8-9,12-13H2,1H3,(H,25,28). The molecule has 1 N–H and O–H groups in total. The van der Waals surface area contributed by atoms with Crippen LogP contribution in [0.15, 0.2) is 42.3 Å². The van der Waals surface area contributed by atoms with Crippen LogP contribution in [0.3, 0.4) is 0 Å². The van der Waals surface area contributed by atoms with Crippen molar-refractivity contribution in [1.29, 1.82) is 0 Å². The Morgan fingerprint density at radius 1 is 1.37 bits per heavy atom. The molecule has 2 aliphatic rings. The van der Waals surface area contributed by atoms with E-state index in [1.165, 1.54) is 0 Å². The van der Waals surface area contributed by atoms with Crippen LogP contribution in [0.5, 0.6) is 0 Å². The first-order chi connectivity index (χ1) is 14.6. The number of thiazole rings is 1. The molecule has 0 saturated carbocycles. The topological polar surface area (TPSA) is 85.2 Å². The van der Waals surface area contributed by atoms with Crippen LogP contribution in [0.25, 0.3) is 0 Å². The summed E-state index contributed by atoms with van der Waals surface area (Å²) in [6.07, 6.45) is 8.08. The van der Waals surface area contributed by atoms with E-state index in [9.17, 15) is 4.79 Å². The maximum Gasteiger partial charge on any atom is 0.255 e. The van der Waals surface area contributed by atoms with E-state index in [2.05, 4.69) is 35.1 Å². The van der Waals surface area contributed by atoms with Gasteiger partial charge in [-0.05, 0) is 31.9 Å². The zero-order chi connectivity index (χ0) is 20.6. The van der Waals surface area contributed by atoms with Crippen LogP contribution >= 0.6 is 11.3 Å². The van der Waals surface area contributed by atoms with Gasteiger partial charge in [-0.15, -0.1) is 11.3 Å². The Kier molecular flexibility index (Phi) is 5.10. The molecule has 0 radical (unpaired) electrons. The molecule has 1 spiro atoms. The molecule has 3 aromatic rings. The smallest absolute Gasteiger partial charge is 0.255 e. The number of pyridine rings is 1. The first kappa shape index (κ1) is 19.3.